The zero-order chi connectivity index (χ0) is 41.4. The van der Waals surface area contributed by atoms with E-state index in [1.807, 2.05) is 0 Å². The number of carbonyl (C=O) groups is 2. The summed E-state index contributed by atoms with van der Waals surface area (Å²) in [7, 11) is -2.30. The molecule has 19 heteroatoms. The fourth-order valence-electron chi connectivity index (χ4n) is 6.98. The molecule has 0 aliphatic heterocycles. The summed E-state index contributed by atoms with van der Waals surface area (Å²) in [4.78, 5) is 30.8. The second-order valence-corrected chi connectivity index (χ2v) is 16.3. The van der Waals surface area contributed by atoms with E-state index in [-0.39, 0.29) is 50.7 Å². The number of hydrogen-bond acceptors (Lipinski definition) is 8. The summed E-state index contributed by atoms with van der Waals surface area (Å²) in [6.45, 7) is 1.98. The van der Waals surface area contributed by atoms with E-state index in [0.29, 0.717) is 21.8 Å². The van der Waals surface area contributed by atoms with Crippen LogP contribution in [0.3, 0.4) is 0 Å². The van der Waals surface area contributed by atoms with Gasteiger partial charge in [0, 0.05) is 29.8 Å². The summed E-state index contributed by atoms with van der Waals surface area (Å²) in [5.74, 6) is -0.346. The fourth-order valence-corrected chi connectivity index (χ4v) is 7.72. The van der Waals surface area contributed by atoms with E-state index in [1.54, 1.807) is 12.1 Å². The Morgan fingerprint density at radius 3 is 2.39 bits per heavy atom. The van der Waals surface area contributed by atoms with Crippen molar-refractivity contribution in [3.05, 3.63) is 93.0 Å². The highest BCUT2D eigenvalue weighted by Crippen LogP contribution is 2.56. The van der Waals surface area contributed by atoms with Crippen LogP contribution < -0.4 is 10.0 Å². The summed E-state index contributed by atoms with van der Waals surface area (Å²) in [6, 6.07) is 7.52. The van der Waals surface area contributed by atoms with E-state index >= 15 is 8.78 Å². The highest BCUT2D eigenvalue weighted by atomic mass is 35.5. The second-order valence-electron chi connectivity index (χ2n) is 14.1. The van der Waals surface area contributed by atoms with Crippen molar-refractivity contribution in [1.29, 1.82) is 0 Å². The second kappa shape index (κ2) is 13.9. The zero-order valence-electron chi connectivity index (χ0n) is 30.2. The van der Waals surface area contributed by atoms with Crippen molar-refractivity contribution in [3.63, 3.8) is 0 Å². The molecule has 2 aliphatic carbocycles. The summed E-state index contributed by atoms with van der Waals surface area (Å²) in [5, 5.41) is 31.4. The van der Waals surface area contributed by atoms with Crippen LogP contribution in [0.15, 0.2) is 42.5 Å². The van der Waals surface area contributed by atoms with Crippen LogP contribution in [0.4, 0.5) is 23.4 Å². The van der Waals surface area contributed by atoms with Gasteiger partial charge in [-0.2, -0.15) is 19.0 Å². The molecule has 1 amide bonds. The molecule has 294 valence electrons. The third-order valence-electron chi connectivity index (χ3n) is 9.19. The minimum atomic E-state index is -3.83. The normalized spacial score (nSPS) is 17.0. The topological polar surface area (TPSA) is 181 Å². The van der Waals surface area contributed by atoms with Gasteiger partial charge < -0.3 is 15.5 Å². The number of carbonyl (C=O) groups excluding carboxylic acids is 1. The van der Waals surface area contributed by atoms with Gasteiger partial charge in [-0.1, -0.05) is 35.4 Å². The number of carboxylic acids is 1. The molecule has 5 aromatic rings. The first-order chi connectivity index (χ1) is 26.6. The number of aliphatic hydroxyl groups is 1. The Morgan fingerprint density at radius 2 is 1.77 bits per heavy atom. The Hall–Kier alpha value is -5.95. The number of benzene rings is 2. The fraction of sp³-hybridized carbons (Fsp3) is 0.289. The van der Waals surface area contributed by atoms with Gasteiger partial charge in [0.2, 0.25) is 15.9 Å². The van der Waals surface area contributed by atoms with Crippen molar-refractivity contribution in [2.24, 2.45) is 13.0 Å². The smallest absolute Gasteiger partial charge is 0.356 e. The Labute approximate surface area is 327 Å². The number of rotatable bonds is 10. The van der Waals surface area contributed by atoms with Crippen molar-refractivity contribution in [2.45, 2.75) is 50.3 Å². The highest BCUT2D eigenvalue weighted by Gasteiger charge is 2.60. The zero-order valence-corrected chi connectivity index (χ0v) is 31.8. The number of aryl methyl sites for hydroxylation is 1. The molecular weight excluding hydrogens is 794 g/mol. The average Bonchev–Trinajstić information content (AvgIpc) is 3.63. The van der Waals surface area contributed by atoms with Gasteiger partial charge in [-0.05, 0) is 62.1 Å². The van der Waals surface area contributed by atoms with Crippen molar-refractivity contribution in [3.8, 4) is 34.8 Å². The van der Waals surface area contributed by atoms with Crippen LogP contribution in [0.5, 0.6) is 0 Å². The molecule has 3 unspecified atom stereocenters. The molecule has 3 atom stereocenters. The average molecular weight is 824 g/mol. The maximum absolute atomic E-state index is 15.6. The van der Waals surface area contributed by atoms with Gasteiger partial charge >= 0.3 is 11.9 Å². The summed E-state index contributed by atoms with van der Waals surface area (Å²) in [5.41, 5.74) is -2.07. The molecule has 3 heterocycles. The molecule has 57 heavy (non-hydrogen) atoms. The summed E-state index contributed by atoms with van der Waals surface area (Å²) >= 11 is 6.58. The Kier molecular flexibility index (Phi) is 9.59. The first-order valence-corrected chi connectivity index (χ1v) is 19.3. The quantitative estimate of drug-likeness (QED) is 0.113. The van der Waals surface area contributed by atoms with Gasteiger partial charge in [-0.3, -0.25) is 18.9 Å². The number of anilines is 1. The number of sulfonamides is 1. The first-order valence-electron chi connectivity index (χ1n) is 17.0. The summed E-state index contributed by atoms with van der Waals surface area (Å²) in [6.07, 6.45) is 0.597. The number of hydrogen-bond donors (Lipinski definition) is 4. The number of aromatic carboxylic acids is 1. The molecule has 0 saturated heterocycles. The van der Waals surface area contributed by atoms with E-state index in [0.717, 1.165) is 18.4 Å². The predicted octanol–water partition coefficient (Wildman–Crippen LogP) is 4.88. The van der Waals surface area contributed by atoms with E-state index in [9.17, 15) is 37.0 Å². The molecule has 0 saturated carbocycles. The SMILES string of the molecule is Cn1nc(NS(C)(=O)=O)c2c(Cl)ccc(-c3ccc(C#CC(C)(C)O)nc3C(Cc3cc(F)cc(F)c3)NC(=O)Cn3nc(C(=O)O)c4c3C(F)(F)C3C#CC43)c21. The lowest BCUT2D eigenvalue weighted by Crippen LogP contribution is -2.36. The number of fused-ring (bicyclic) bond motifs is 4. The van der Waals surface area contributed by atoms with Gasteiger partial charge in [0.1, 0.15) is 41.1 Å². The van der Waals surface area contributed by atoms with Crippen LogP contribution in [-0.4, -0.2) is 66.9 Å². The molecule has 13 nitrogen and oxygen atoms in total. The van der Waals surface area contributed by atoms with Crippen LogP contribution in [0.25, 0.3) is 22.0 Å². The van der Waals surface area contributed by atoms with Crippen LogP contribution in [0, 0.1) is 41.2 Å². The van der Waals surface area contributed by atoms with Gasteiger partial charge in [0.15, 0.2) is 11.5 Å². The molecule has 7 rings (SSSR count). The molecule has 0 radical (unpaired) electrons. The van der Waals surface area contributed by atoms with Gasteiger partial charge in [0.05, 0.1) is 39.8 Å². The van der Waals surface area contributed by atoms with Gasteiger partial charge in [-0.25, -0.2) is 27.0 Å². The monoisotopic (exact) mass is 823 g/mol. The number of halogens is 5. The molecule has 2 aromatic carbocycles. The third kappa shape index (κ3) is 7.51. The minimum Gasteiger partial charge on any atom is -0.476 e. The van der Waals surface area contributed by atoms with Gasteiger partial charge in [-0.15, -0.1) is 0 Å². The standard InChI is InChI=1S/C38H30ClF4N7O6S/c1-37(2,54)12-11-21-5-6-22(23-8-10-26(39)30-33(23)49(3)47-35(30)48-57(4,55)56)31(44-21)27(15-18-13-19(40)16-20(41)14-18)45-28(51)17-50-34-29(32(46-50)36(52)53)24-7-9-25(24)38(34,42)43/h5-6,8,10,13-14,16,24-25,27,54H,15,17H2,1-4H3,(H,45,51)(H,47,48)(H,52,53). The van der Waals surface area contributed by atoms with Crippen LogP contribution in [-0.2, 0) is 40.8 Å². The predicted molar refractivity (Wildman–Crippen MR) is 199 cm³/mol. The molecular formula is C38H30ClF4N7O6S. The molecule has 2 aliphatic rings. The number of aromatic nitrogens is 5. The van der Waals surface area contributed by atoms with Crippen LogP contribution in [0.2, 0.25) is 5.02 Å². The number of carboxylic acid groups (broad SMARTS) is 1. The molecule has 0 spiro atoms. The largest absolute Gasteiger partial charge is 0.476 e. The molecule has 0 bridgehead atoms. The van der Waals surface area contributed by atoms with Crippen molar-refractivity contribution in [2.75, 3.05) is 11.0 Å². The van der Waals surface area contributed by atoms with E-state index in [4.69, 9.17) is 16.6 Å². The number of nitrogens with one attached hydrogen (secondary N) is 2. The van der Waals surface area contributed by atoms with E-state index in [1.165, 1.54) is 37.7 Å². The lowest BCUT2D eigenvalue weighted by molar-refractivity contribution is -0.123. The number of alkyl halides is 2. The third-order valence-corrected chi connectivity index (χ3v) is 10.1. The summed E-state index contributed by atoms with van der Waals surface area (Å²) < 4.78 is 89.1. The maximum Gasteiger partial charge on any atom is 0.356 e. The minimum absolute atomic E-state index is 0.0340. The number of pyridine rings is 1. The molecule has 4 N–H and O–H groups in total. The van der Waals surface area contributed by atoms with Crippen LogP contribution >= 0.6 is 11.6 Å². The number of amides is 1. The van der Waals surface area contributed by atoms with Crippen molar-refractivity contribution in [1.82, 2.24) is 29.9 Å². The van der Waals surface area contributed by atoms with Crippen LogP contribution in [0.1, 0.15) is 64.5 Å². The first kappa shape index (κ1) is 39.3. The maximum atomic E-state index is 15.6. The van der Waals surface area contributed by atoms with E-state index in [2.05, 4.69) is 43.9 Å². The van der Waals surface area contributed by atoms with E-state index < -0.39 is 80.9 Å². The Morgan fingerprint density at radius 1 is 1.09 bits per heavy atom. The molecule has 3 aromatic heterocycles. The highest BCUT2D eigenvalue weighted by molar-refractivity contribution is 7.92. The molecule has 0 fully saturated rings. The van der Waals surface area contributed by atoms with Gasteiger partial charge in [0.25, 0.3) is 0 Å². The lowest BCUT2D eigenvalue weighted by Gasteiger charge is -2.24. The Balaban J connectivity index is 1.39. The van der Waals surface area contributed by atoms with Crippen molar-refractivity contribution >= 4 is 50.2 Å². The van der Waals surface area contributed by atoms with Crippen molar-refractivity contribution < 1.29 is 45.8 Å². The Bertz CT molecular complexity index is 2770. The lowest BCUT2D eigenvalue weighted by atomic mass is 9.84. The number of nitrogens with zero attached hydrogens (tertiary/aromatic N) is 5.